The number of methoxy groups -OCH3 is 1. The van der Waals surface area contributed by atoms with Crippen LogP contribution in [-0.4, -0.2) is 47.4 Å². The van der Waals surface area contributed by atoms with Gasteiger partial charge < -0.3 is 19.5 Å². The van der Waals surface area contributed by atoms with E-state index in [0.717, 1.165) is 12.1 Å². The maximum absolute atomic E-state index is 5.99. The van der Waals surface area contributed by atoms with Gasteiger partial charge in [0.15, 0.2) is 5.82 Å². The molecule has 0 aromatic carbocycles. The minimum atomic E-state index is -0.0857. The van der Waals surface area contributed by atoms with Gasteiger partial charge in [-0.05, 0) is 18.6 Å². The molecular formula is C16H20N4O3. The molecule has 1 saturated heterocycles. The lowest BCUT2D eigenvalue weighted by Crippen LogP contribution is -2.44. The molecule has 0 spiro atoms. The number of ether oxygens (including phenoxy) is 3. The highest BCUT2D eigenvalue weighted by atomic mass is 16.5. The number of anilines is 1. The van der Waals surface area contributed by atoms with Gasteiger partial charge in [-0.15, -0.1) is 0 Å². The first-order chi connectivity index (χ1) is 11.4. The number of aromatic nitrogens is 3. The van der Waals surface area contributed by atoms with Crippen LogP contribution in [-0.2, 0) is 16.1 Å². The van der Waals surface area contributed by atoms with Crippen LogP contribution in [0.25, 0.3) is 0 Å². The summed E-state index contributed by atoms with van der Waals surface area (Å²) < 4.78 is 16.8. The number of nitrogens with zero attached hydrogens (tertiary/aromatic N) is 3. The fourth-order valence-electron chi connectivity index (χ4n) is 2.47. The van der Waals surface area contributed by atoms with Gasteiger partial charge in [-0.25, -0.2) is 9.97 Å². The molecule has 0 bridgehead atoms. The first-order valence-corrected chi connectivity index (χ1v) is 7.57. The van der Waals surface area contributed by atoms with E-state index >= 15 is 0 Å². The maximum atomic E-state index is 5.99. The van der Waals surface area contributed by atoms with Gasteiger partial charge in [-0.3, -0.25) is 4.98 Å². The molecule has 23 heavy (non-hydrogen) atoms. The van der Waals surface area contributed by atoms with E-state index in [-0.39, 0.29) is 12.1 Å². The molecule has 0 radical (unpaired) electrons. The van der Waals surface area contributed by atoms with Crippen molar-refractivity contribution >= 4 is 5.82 Å². The Morgan fingerprint density at radius 1 is 1.22 bits per heavy atom. The molecular weight excluding hydrogens is 296 g/mol. The zero-order chi connectivity index (χ0) is 15.9. The smallest absolute Gasteiger partial charge is 0.257 e. The Morgan fingerprint density at radius 2 is 2.13 bits per heavy atom. The lowest BCUT2D eigenvalue weighted by molar-refractivity contribution is -0.0645. The van der Waals surface area contributed by atoms with E-state index in [2.05, 4.69) is 20.3 Å². The van der Waals surface area contributed by atoms with E-state index in [4.69, 9.17) is 14.2 Å². The first-order valence-electron chi connectivity index (χ1n) is 7.57. The van der Waals surface area contributed by atoms with Crippen LogP contribution in [0.1, 0.15) is 12.1 Å². The van der Waals surface area contributed by atoms with Gasteiger partial charge in [0.1, 0.15) is 6.10 Å². The predicted octanol–water partition coefficient (Wildman–Crippen LogP) is 1.67. The molecule has 0 saturated carbocycles. The summed E-state index contributed by atoms with van der Waals surface area (Å²) in [7, 11) is 1.58. The quantitative estimate of drug-likeness (QED) is 0.868. The minimum Gasteiger partial charge on any atom is -0.478 e. The Hall–Kier alpha value is -2.25. The summed E-state index contributed by atoms with van der Waals surface area (Å²) in [6.07, 6.45) is 5.73. The Bertz CT molecular complexity index is 611. The summed E-state index contributed by atoms with van der Waals surface area (Å²) in [4.78, 5) is 12.7. The Kier molecular flexibility index (Phi) is 5.33. The van der Waals surface area contributed by atoms with Gasteiger partial charge in [0.2, 0.25) is 0 Å². The molecule has 122 valence electrons. The van der Waals surface area contributed by atoms with Crippen LogP contribution in [0.15, 0.2) is 36.8 Å². The molecule has 7 nitrogen and oxygen atoms in total. The molecule has 0 unspecified atom stereocenters. The second kappa shape index (κ2) is 7.85. The molecule has 2 aromatic rings. The molecule has 0 amide bonds. The fourth-order valence-corrected chi connectivity index (χ4v) is 2.47. The molecule has 1 aliphatic heterocycles. The number of nitrogens with one attached hydrogen (secondary N) is 1. The number of rotatable bonds is 6. The third-order valence-electron chi connectivity index (χ3n) is 3.66. The van der Waals surface area contributed by atoms with E-state index < -0.39 is 0 Å². The monoisotopic (exact) mass is 316 g/mol. The molecule has 7 heteroatoms. The van der Waals surface area contributed by atoms with E-state index in [1.807, 2.05) is 18.2 Å². The molecule has 2 aromatic heterocycles. The summed E-state index contributed by atoms with van der Waals surface area (Å²) in [6.45, 7) is 1.67. The first kappa shape index (κ1) is 15.6. The molecule has 1 fully saturated rings. The van der Waals surface area contributed by atoms with Gasteiger partial charge in [-0.2, -0.15) is 0 Å². The van der Waals surface area contributed by atoms with Crippen molar-refractivity contribution in [1.82, 2.24) is 15.0 Å². The normalized spacial score (nSPS) is 20.9. The van der Waals surface area contributed by atoms with Crippen molar-refractivity contribution in [1.29, 1.82) is 0 Å². The van der Waals surface area contributed by atoms with E-state index in [1.54, 1.807) is 25.7 Å². The third kappa shape index (κ3) is 4.14. The Morgan fingerprint density at radius 3 is 2.96 bits per heavy atom. The SMILES string of the molecule is COc1nccnc1N[C@@H]1CCOC[C@H]1OCc1ccccn1. The van der Waals surface area contributed by atoms with E-state index in [9.17, 15) is 0 Å². The van der Waals surface area contributed by atoms with Crippen LogP contribution in [0.4, 0.5) is 5.82 Å². The minimum absolute atomic E-state index is 0.0815. The molecule has 2 atom stereocenters. The molecule has 3 heterocycles. The van der Waals surface area contributed by atoms with Crippen LogP contribution in [0.3, 0.4) is 0 Å². The average Bonchev–Trinajstić information content (AvgIpc) is 2.62. The molecule has 0 aliphatic carbocycles. The lowest BCUT2D eigenvalue weighted by atomic mass is 10.1. The highest BCUT2D eigenvalue weighted by Crippen LogP contribution is 2.22. The number of hydrogen-bond donors (Lipinski definition) is 1. The Balaban J connectivity index is 1.64. The van der Waals surface area contributed by atoms with Crippen LogP contribution in [0.2, 0.25) is 0 Å². The van der Waals surface area contributed by atoms with Crippen LogP contribution >= 0.6 is 0 Å². The van der Waals surface area contributed by atoms with Gasteiger partial charge in [0.05, 0.1) is 32.1 Å². The van der Waals surface area contributed by atoms with Crippen molar-refractivity contribution in [2.24, 2.45) is 0 Å². The maximum Gasteiger partial charge on any atom is 0.257 e. The van der Waals surface area contributed by atoms with Crippen molar-refractivity contribution in [3.05, 3.63) is 42.5 Å². The third-order valence-corrected chi connectivity index (χ3v) is 3.66. The summed E-state index contributed by atoms with van der Waals surface area (Å²) in [6, 6.07) is 5.86. The van der Waals surface area contributed by atoms with Crippen molar-refractivity contribution in [2.75, 3.05) is 25.6 Å². The van der Waals surface area contributed by atoms with Crippen molar-refractivity contribution in [3.8, 4) is 5.88 Å². The van der Waals surface area contributed by atoms with Crippen LogP contribution in [0.5, 0.6) is 5.88 Å². The van der Waals surface area contributed by atoms with E-state index in [0.29, 0.717) is 31.5 Å². The highest BCUT2D eigenvalue weighted by Gasteiger charge is 2.28. The standard InChI is InChI=1S/C16H20N4O3/c1-21-16-15(18-7-8-19-16)20-13-5-9-22-11-14(13)23-10-12-4-2-3-6-17-12/h2-4,6-8,13-14H,5,9-11H2,1H3,(H,18,20)/t13-,14-/m1/s1. The number of pyridine rings is 1. The van der Waals surface area contributed by atoms with Gasteiger partial charge in [0.25, 0.3) is 5.88 Å². The fraction of sp³-hybridized carbons (Fsp3) is 0.438. The zero-order valence-corrected chi connectivity index (χ0v) is 13.0. The van der Waals surface area contributed by atoms with E-state index in [1.165, 1.54) is 0 Å². The predicted molar refractivity (Wildman–Crippen MR) is 84.2 cm³/mol. The van der Waals surface area contributed by atoms with Crippen LogP contribution in [0, 0.1) is 0 Å². The van der Waals surface area contributed by atoms with Gasteiger partial charge in [0, 0.05) is 25.2 Å². The van der Waals surface area contributed by atoms with Crippen LogP contribution < -0.4 is 10.1 Å². The van der Waals surface area contributed by atoms with Crippen molar-refractivity contribution in [2.45, 2.75) is 25.2 Å². The second-order valence-electron chi connectivity index (χ2n) is 5.20. The zero-order valence-electron chi connectivity index (χ0n) is 13.0. The largest absolute Gasteiger partial charge is 0.478 e. The van der Waals surface area contributed by atoms with Crippen molar-refractivity contribution < 1.29 is 14.2 Å². The molecule has 3 rings (SSSR count). The number of hydrogen-bond acceptors (Lipinski definition) is 7. The average molecular weight is 316 g/mol. The van der Waals surface area contributed by atoms with Gasteiger partial charge in [-0.1, -0.05) is 6.07 Å². The highest BCUT2D eigenvalue weighted by molar-refractivity contribution is 5.45. The lowest BCUT2D eigenvalue weighted by Gasteiger charge is -2.32. The molecule has 1 N–H and O–H groups in total. The topological polar surface area (TPSA) is 78.4 Å². The summed E-state index contributed by atoms with van der Waals surface area (Å²) in [5, 5.41) is 3.36. The second-order valence-corrected chi connectivity index (χ2v) is 5.20. The summed E-state index contributed by atoms with van der Waals surface area (Å²) in [5.74, 6) is 1.09. The van der Waals surface area contributed by atoms with Gasteiger partial charge >= 0.3 is 0 Å². The summed E-state index contributed by atoms with van der Waals surface area (Å²) in [5.41, 5.74) is 0.897. The summed E-state index contributed by atoms with van der Waals surface area (Å²) >= 11 is 0. The molecule has 1 aliphatic rings. The Labute approximate surface area is 135 Å². The van der Waals surface area contributed by atoms with Crippen molar-refractivity contribution in [3.63, 3.8) is 0 Å².